The fourth-order valence-corrected chi connectivity index (χ4v) is 4.43. The monoisotopic (exact) mass is 432 g/mol. The van der Waals surface area contributed by atoms with Gasteiger partial charge in [-0.2, -0.15) is 0 Å². The Bertz CT molecular complexity index is 537. The number of halogens is 2. The van der Waals surface area contributed by atoms with Gasteiger partial charge >= 0.3 is 0 Å². The Morgan fingerprint density at radius 3 is 2.91 bits per heavy atom. The van der Waals surface area contributed by atoms with Crippen LogP contribution in [0.1, 0.15) is 25.3 Å². The molecule has 22 heavy (non-hydrogen) atoms. The van der Waals surface area contributed by atoms with Crippen molar-refractivity contribution in [3.63, 3.8) is 0 Å². The van der Waals surface area contributed by atoms with E-state index in [4.69, 9.17) is 4.74 Å². The van der Waals surface area contributed by atoms with Crippen LogP contribution in [0, 0.1) is 5.92 Å². The molecule has 0 aliphatic carbocycles. The summed E-state index contributed by atoms with van der Waals surface area (Å²) in [6, 6.07) is 4.11. The van der Waals surface area contributed by atoms with Crippen LogP contribution in [0.25, 0.3) is 0 Å². The number of hydrogen-bond acceptors (Lipinski definition) is 3. The molecule has 1 aromatic carbocycles. The average molecular weight is 434 g/mol. The van der Waals surface area contributed by atoms with Gasteiger partial charge < -0.3 is 10.1 Å². The summed E-state index contributed by atoms with van der Waals surface area (Å²) in [6.07, 6.45) is 2.35. The summed E-state index contributed by atoms with van der Waals surface area (Å²) in [6.45, 7) is 5.30. The molecule has 0 saturated carbocycles. The number of nitrogens with one attached hydrogen (secondary N) is 1. The Labute approximate surface area is 148 Å². The molecule has 1 atom stereocenters. The average Bonchev–Trinajstić information content (AvgIpc) is 2.45. The zero-order valence-corrected chi connectivity index (χ0v) is 16.2. The maximum Gasteiger partial charge on any atom is 0.216 e. The predicted molar refractivity (Wildman–Crippen MR) is 95.1 cm³/mol. The van der Waals surface area contributed by atoms with E-state index in [1.165, 1.54) is 18.4 Å². The molecule has 0 aromatic heterocycles. The number of ether oxygens (including phenoxy) is 1. The standard InChI is InChI=1S/C16H22Br2N2O2/c1-11(21)19-8-12-4-3-5-20(9-12)10-13-6-14(17)7-15(18)16(13)22-2/h6-7,12H,3-5,8-10H2,1-2H3,(H,19,21)/t12-/m0/s1. The summed E-state index contributed by atoms with van der Waals surface area (Å²) >= 11 is 7.10. The van der Waals surface area contributed by atoms with E-state index in [0.717, 1.165) is 40.9 Å². The highest BCUT2D eigenvalue weighted by atomic mass is 79.9. The number of amides is 1. The molecular formula is C16H22Br2N2O2. The van der Waals surface area contributed by atoms with Crippen LogP contribution in [0.5, 0.6) is 5.75 Å². The third kappa shape index (κ3) is 4.96. The summed E-state index contributed by atoms with van der Waals surface area (Å²) in [5.74, 6) is 1.47. The van der Waals surface area contributed by atoms with Gasteiger partial charge in [-0.1, -0.05) is 15.9 Å². The van der Waals surface area contributed by atoms with Crippen molar-refractivity contribution in [3.05, 3.63) is 26.6 Å². The van der Waals surface area contributed by atoms with E-state index in [9.17, 15) is 4.79 Å². The zero-order valence-electron chi connectivity index (χ0n) is 13.0. The van der Waals surface area contributed by atoms with E-state index < -0.39 is 0 Å². The van der Waals surface area contributed by atoms with E-state index in [1.807, 2.05) is 6.07 Å². The van der Waals surface area contributed by atoms with Crippen molar-refractivity contribution in [2.24, 2.45) is 5.92 Å². The van der Waals surface area contributed by atoms with Gasteiger partial charge in [0, 0.05) is 36.6 Å². The van der Waals surface area contributed by atoms with Gasteiger partial charge in [-0.25, -0.2) is 0 Å². The van der Waals surface area contributed by atoms with Crippen LogP contribution < -0.4 is 10.1 Å². The molecule has 1 heterocycles. The van der Waals surface area contributed by atoms with E-state index in [-0.39, 0.29) is 5.91 Å². The summed E-state index contributed by atoms with van der Waals surface area (Å²) in [7, 11) is 1.70. The third-order valence-corrected chi connectivity index (χ3v) is 4.97. The number of rotatable bonds is 5. The molecule has 122 valence electrons. The molecule has 0 spiro atoms. The van der Waals surface area contributed by atoms with Gasteiger partial charge in [0.1, 0.15) is 5.75 Å². The lowest BCUT2D eigenvalue weighted by molar-refractivity contribution is -0.119. The second kappa shape index (κ2) is 8.31. The molecule has 1 saturated heterocycles. The van der Waals surface area contributed by atoms with Gasteiger partial charge in [0.15, 0.2) is 0 Å². The Balaban J connectivity index is 2.02. The molecule has 1 N–H and O–H groups in total. The Hall–Kier alpha value is -0.590. The minimum absolute atomic E-state index is 0.0507. The molecule has 1 fully saturated rings. The highest BCUT2D eigenvalue weighted by molar-refractivity contribution is 9.11. The molecule has 1 aliphatic heterocycles. The third-order valence-electron chi connectivity index (χ3n) is 3.93. The highest BCUT2D eigenvalue weighted by Gasteiger charge is 2.21. The molecule has 0 unspecified atom stereocenters. The number of methoxy groups -OCH3 is 1. The van der Waals surface area contributed by atoms with Crippen LogP contribution in [0.2, 0.25) is 0 Å². The normalized spacial score (nSPS) is 19.0. The van der Waals surface area contributed by atoms with E-state index >= 15 is 0 Å². The number of hydrogen-bond donors (Lipinski definition) is 1. The van der Waals surface area contributed by atoms with Crippen LogP contribution in [0.3, 0.4) is 0 Å². The van der Waals surface area contributed by atoms with E-state index in [0.29, 0.717) is 5.92 Å². The molecule has 0 bridgehead atoms. The fourth-order valence-electron chi connectivity index (χ4n) is 2.95. The maximum absolute atomic E-state index is 11.1. The number of carbonyl (C=O) groups is 1. The molecule has 2 rings (SSSR count). The van der Waals surface area contributed by atoms with Crippen LogP contribution in [0.15, 0.2) is 21.1 Å². The van der Waals surface area contributed by atoms with Crippen molar-refractivity contribution < 1.29 is 9.53 Å². The summed E-state index contributed by atoms with van der Waals surface area (Å²) in [5, 5.41) is 2.94. The number of piperidine rings is 1. The van der Waals surface area contributed by atoms with Gasteiger partial charge in [0.05, 0.1) is 11.6 Å². The quantitative estimate of drug-likeness (QED) is 0.771. The second-order valence-electron chi connectivity index (χ2n) is 5.76. The van der Waals surface area contributed by atoms with Gasteiger partial charge in [-0.05, 0) is 53.4 Å². The Kier molecular flexibility index (Phi) is 6.71. The van der Waals surface area contributed by atoms with Crippen molar-refractivity contribution in [2.45, 2.75) is 26.3 Å². The highest BCUT2D eigenvalue weighted by Crippen LogP contribution is 2.34. The van der Waals surface area contributed by atoms with Gasteiger partial charge in [-0.15, -0.1) is 0 Å². The van der Waals surface area contributed by atoms with Gasteiger partial charge in [0.2, 0.25) is 5.91 Å². The fraction of sp³-hybridized carbons (Fsp3) is 0.562. The molecule has 1 aromatic rings. The minimum Gasteiger partial charge on any atom is -0.495 e. The lowest BCUT2D eigenvalue weighted by atomic mass is 9.97. The van der Waals surface area contributed by atoms with Crippen molar-refractivity contribution >= 4 is 37.8 Å². The number of nitrogens with zero attached hydrogens (tertiary/aromatic N) is 1. The SMILES string of the molecule is COc1c(Br)cc(Br)cc1CN1CCC[C@@H](CNC(C)=O)C1. The number of likely N-dealkylation sites (tertiary alicyclic amines) is 1. The zero-order chi connectivity index (χ0) is 16.1. The summed E-state index contributed by atoms with van der Waals surface area (Å²) < 4.78 is 7.53. The second-order valence-corrected chi connectivity index (χ2v) is 7.53. The summed E-state index contributed by atoms with van der Waals surface area (Å²) in [4.78, 5) is 13.5. The molecule has 0 radical (unpaired) electrons. The van der Waals surface area contributed by atoms with E-state index in [2.05, 4.69) is 48.1 Å². The van der Waals surface area contributed by atoms with Crippen molar-refractivity contribution in [1.82, 2.24) is 10.2 Å². The van der Waals surface area contributed by atoms with Crippen LogP contribution in [0.4, 0.5) is 0 Å². The largest absolute Gasteiger partial charge is 0.495 e. The molecule has 1 aliphatic rings. The van der Waals surface area contributed by atoms with Crippen molar-refractivity contribution in [1.29, 1.82) is 0 Å². The lowest BCUT2D eigenvalue weighted by Gasteiger charge is -2.33. The molecule has 6 heteroatoms. The Morgan fingerprint density at radius 1 is 1.45 bits per heavy atom. The lowest BCUT2D eigenvalue weighted by Crippen LogP contribution is -2.40. The molecular weight excluding hydrogens is 412 g/mol. The van der Waals surface area contributed by atoms with Gasteiger partial charge in [-0.3, -0.25) is 9.69 Å². The Morgan fingerprint density at radius 2 is 2.23 bits per heavy atom. The first kappa shape index (κ1) is 17.8. The van der Waals surface area contributed by atoms with Crippen LogP contribution in [-0.2, 0) is 11.3 Å². The number of carbonyl (C=O) groups excluding carboxylic acids is 1. The molecule has 4 nitrogen and oxygen atoms in total. The van der Waals surface area contributed by atoms with Crippen LogP contribution in [-0.4, -0.2) is 37.6 Å². The first-order chi connectivity index (χ1) is 10.5. The van der Waals surface area contributed by atoms with Crippen molar-refractivity contribution in [2.75, 3.05) is 26.7 Å². The maximum atomic E-state index is 11.1. The smallest absolute Gasteiger partial charge is 0.216 e. The molecule has 1 amide bonds. The van der Waals surface area contributed by atoms with Crippen LogP contribution >= 0.6 is 31.9 Å². The minimum atomic E-state index is 0.0507. The van der Waals surface area contributed by atoms with Gasteiger partial charge in [0.25, 0.3) is 0 Å². The number of benzene rings is 1. The topological polar surface area (TPSA) is 41.6 Å². The predicted octanol–water partition coefficient (Wildman–Crippen LogP) is 3.57. The van der Waals surface area contributed by atoms with Crippen molar-refractivity contribution in [3.8, 4) is 5.75 Å². The first-order valence-corrected chi connectivity index (χ1v) is 9.07. The summed E-state index contributed by atoms with van der Waals surface area (Å²) in [5.41, 5.74) is 1.17. The first-order valence-electron chi connectivity index (χ1n) is 7.48. The van der Waals surface area contributed by atoms with E-state index in [1.54, 1.807) is 14.0 Å².